The van der Waals surface area contributed by atoms with E-state index in [1.54, 1.807) is 0 Å². The first-order chi connectivity index (χ1) is 9.03. The zero-order valence-corrected chi connectivity index (χ0v) is 12.1. The first-order valence-electron chi connectivity index (χ1n) is 5.24. The Kier molecular flexibility index (Phi) is 4.68. The topological polar surface area (TPSA) is 149 Å². The van der Waals surface area contributed by atoms with Crippen LogP contribution >= 0.6 is 0 Å². The van der Waals surface area contributed by atoms with Gasteiger partial charge in [0.15, 0.2) is 0 Å². The average Bonchev–Trinajstić information content (AvgIpc) is 2.26. The molecule has 0 aliphatic rings. The molecule has 0 radical (unpaired) electrons. The number of non-ortho nitro benzene ring substituents is 1. The van der Waals surface area contributed by atoms with Gasteiger partial charge in [0.25, 0.3) is 5.69 Å². The third-order valence-corrected chi connectivity index (χ3v) is 4.72. The Morgan fingerprint density at radius 1 is 1.30 bits per heavy atom. The Morgan fingerprint density at radius 2 is 1.90 bits per heavy atom. The second kappa shape index (κ2) is 5.73. The van der Waals surface area contributed by atoms with Crippen molar-refractivity contribution in [2.75, 3.05) is 24.3 Å². The Bertz CT molecular complexity index is 726. The van der Waals surface area contributed by atoms with E-state index in [-0.39, 0.29) is 18.0 Å². The second-order valence-corrected chi connectivity index (χ2v) is 8.00. The molecule has 0 amide bonds. The summed E-state index contributed by atoms with van der Waals surface area (Å²) >= 11 is 0. The van der Waals surface area contributed by atoms with Gasteiger partial charge in [0.1, 0.15) is 14.7 Å². The number of nitrogens with one attached hydrogen (secondary N) is 1. The predicted octanol–water partition coefficient (Wildman–Crippen LogP) is -0.500. The van der Waals surface area contributed by atoms with E-state index in [2.05, 4.69) is 0 Å². The third-order valence-electron chi connectivity index (χ3n) is 2.26. The van der Waals surface area contributed by atoms with Gasteiger partial charge in [0.2, 0.25) is 10.0 Å². The summed E-state index contributed by atoms with van der Waals surface area (Å²) in [4.78, 5) is 9.39. The molecule has 1 aromatic carbocycles. The fourth-order valence-electron chi connectivity index (χ4n) is 1.31. The van der Waals surface area contributed by atoms with E-state index in [4.69, 9.17) is 5.73 Å². The monoisotopic (exact) mass is 323 g/mol. The van der Waals surface area contributed by atoms with E-state index in [1.807, 2.05) is 4.72 Å². The number of benzene rings is 1. The van der Waals surface area contributed by atoms with E-state index in [1.165, 1.54) is 0 Å². The number of hydrogen-bond acceptors (Lipinski definition) is 7. The first-order valence-corrected chi connectivity index (χ1v) is 8.78. The highest BCUT2D eigenvalue weighted by atomic mass is 32.2. The summed E-state index contributed by atoms with van der Waals surface area (Å²) in [5.74, 6) is -0.388. The summed E-state index contributed by atoms with van der Waals surface area (Å²) in [6.07, 6.45) is 0.961. The molecule has 1 rings (SSSR count). The van der Waals surface area contributed by atoms with Crippen LogP contribution in [0.3, 0.4) is 0 Å². The van der Waals surface area contributed by atoms with E-state index < -0.39 is 35.4 Å². The van der Waals surface area contributed by atoms with Crippen molar-refractivity contribution in [1.29, 1.82) is 0 Å². The summed E-state index contributed by atoms with van der Waals surface area (Å²) in [5, 5.41) is 10.6. The quantitative estimate of drug-likeness (QED) is 0.407. The molecule has 0 saturated carbocycles. The molecular formula is C9H13N3O6S2. The smallest absolute Gasteiger partial charge is 0.270 e. The summed E-state index contributed by atoms with van der Waals surface area (Å²) < 4.78 is 47.7. The zero-order chi connectivity index (χ0) is 15.6. The highest BCUT2D eigenvalue weighted by molar-refractivity contribution is 7.91. The molecule has 0 fully saturated rings. The lowest BCUT2D eigenvalue weighted by Gasteiger charge is -2.08. The fourth-order valence-corrected chi connectivity index (χ4v) is 3.09. The highest BCUT2D eigenvalue weighted by Crippen LogP contribution is 2.23. The van der Waals surface area contributed by atoms with Crippen molar-refractivity contribution in [3.8, 4) is 0 Å². The molecular weight excluding hydrogens is 310 g/mol. The van der Waals surface area contributed by atoms with Crippen LogP contribution in [0, 0.1) is 10.1 Å². The summed E-state index contributed by atoms with van der Waals surface area (Å²) in [6.45, 7) is -0.344. The average molecular weight is 323 g/mol. The minimum absolute atomic E-state index is 0.164. The van der Waals surface area contributed by atoms with Crippen LogP contribution in [0.5, 0.6) is 0 Å². The van der Waals surface area contributed by atoms with E-state index >= 15 is 0 Å². The molecule has 112 valence electrons. The maximum Gasteiger partial charge on any atom is 0.270 e. The number of hydrogen-bond donors (Lipinski definition) is 2. The molecule has 0 unspecified atom stereocenters. The number of nitrogen functional groups attached to an aromatic ring is 1. The third kappa shape index (κ3) is 4.43. The molecule has 9 nitrogen and oxygen atoms in total. The van der Waals surface area contributed by atoms with Crippen LogP contribution in [0.15, 0.2) is 23.1 Å². The van der Waals surface area contributed by atoms with Gasteiger partial charge in [-0.3, -0.25) is 10.1 Å². The van der Waals surface area contributed by atoms with E-state index in [9.17, 15) is 26.9 Å². The first kappa shape index (κ1) is 16.3. The molecule has 0 spiro atoms. The molecule has 0 atom stereocenters. The van der Waals surface area contributed by atoms with Crippen LogP contribution in [0.25, 0.3) is 0 Å². The minimum atomic E-state index is -4.11. The van der Waals surface area contributed by atoms with Crippen molar-refractivity contribution in [2.24, 2.45) is 0 Å². The summed E-state index contributed by atoms with van der Waals surface area (Å²) in [6, 6.07) is 2.99. The molecule has 3 N–H and O–H groups in total. The van der Waals surface area contributed by atoms with E-state index in [0.717, 1.165) is 24.5 Å². The van der Waals surface area contributed by atoms with Gasteiger partial charge in [-0.1, -0.05) is 0 Å². The van der Waals surface area contributed by atoms with Crippen LogP contribution in [0.2, 0.25) is 0 Å². The lowest BCUT2D eigenvalue weighted by atomic mass is 10.3. The molecule has 11 heteroatoms. The number of sulfone groups is 1. The van der Waals surface area contributed by atoms with Gasteiger partial charge in [-0.25, -0.2) is 21.6 Å². The fraction of sp³-hybridized carbons (Fsp3) is 0.333. The molecule has 0 saturated heterocycles. The number of rotatable bonds is 6. The Labute approximate surface area is 115 Å². The molecule has 0 aromatic heterocycles. The molecule has 0 aliphatic carbocycles. The number of nitrogens with two attached hydrogens (primary N) is 1. The van der Waals surface area contributed by atoms with Crippen LogP contribution < -0.4 is 10.5 Å². The zero-order valence-electron chi connectivity index (χ0n) is 10.4. The number of nitrogens with zero attached hydrogens (tertiary/aromatic N) is 1. The molecule has 0 bridgehead atoms. The normalized spacial score (nSPS) is 12.2. The number of sulfonamides is 1. The van der Waals surface area contributed by atoms with Crippen molar-refractivity contribution >= 4 is 31.2 Å². The Balaban J connectivity index is 3.03. The molecule has 0 aliphatic heterocycles. The standard InChI is InChI=1S/C9H13N3O6S2/c1-19(15,16)5-4-11-20(17,18)9-6-7(12(13)14)2-3-8(9)10/h2-3,6,11H,4-5,10H2,1H3. The van der Waals surface area contributed by atoms with Crippen molar-refractivity contribution in [3.05, 3.63) is 28.3 Å². The van der Waals surface area contributed by atoms with Crippen LogP contribution in [-0.2, 0) is 19.9 Å². The lowest BCUT2D eigenvalue weighted by molar-refractivity contribution is -0.385. The van der Waals surface area contributed by atoms with Crippen LogP contribution in [0.4, 0.5) is 11.4 Å². The highest BCUT2D eigenvalue weighted by Gasteiger charge is 2.21. The van der Waals surface area contributed by atoms with Gasteiger partial charge >= 0.3 is 0 Å². The second-order valence-electron chi connectivity index (χ2n) is 4.01. The van der Waals surface area contributed by atoms with Gasteiger partial charge in [-0.2, -0.15) is 0 Å². The maximum absolute atomic E-state index is 11.9. The Morgan fingerprint density at radius 3 is 2.40 bits per heavy atom. The van der Waals surface area contributed by atoms with Crippen molar-refractivity contribution in [2.45, 2.75) is 4.90 Å². The number of nitro groups is 1. The van der Waals surface area contributed by atoms with Crippen LogP contribution in [-0.4, -0.2) is 40.3 Å². The SMILES string of the molecule is CS(=O)(=O)CCNS(=O)(=O)c1cc([N+](=O)[O-])ccc1N. The van der Waals surface area contributed by atoms with Crippen molar-refractivity contribution < 1.29 is 21.8 Å². The summed E-state index contributed by atoms with van der Waals surface area (Å²) in [5.41, 5.74) is 4.88. The van der Waals surface area contributed by atoms with Crippen LogP contribution in [0.1, 0.15) is 0 Å². The van der Waals surface area contributed by atoms with Gasteiger partial charge in [-0.15, -0.1) is 0 Å². The van der Waals surface area contributed by atoms with Crippen molar-refractivity contribution in [3.63, 3.8) is 0 Å². The van der Waals surface area contributed by atoms with Gasteiger partial charge in [0.05, 0.1) is 16.4 Å². The molecule has 20 heavy (non-hydrogen) atoms. The van der Waals surface area contributed by atoms with Gasteiger partial charge in [-0.05, 0) is 6.07 Å². The lowest BCUT2D eigenvalue weighted by Crippen LogP contribution is -2.29. The number of nitro benzene ring substituents is 1. The number of anilines is 1. The molecule has 0 heterocycles. The van der Waals surface area contributed by atoms with Gasteiger partial charge in [0, 0.05) is 24.9 Å². The van der Waals surface area contributed by atoms with E-state index in [0.29, 0.717) is 0 Å². The maximum atomic E-state index is 11.9. The minimum Gasteiger partial charge on any atom is -0.398 e. The largest absolute Gasteiger partial charge is 0.398 e. The predicted molar refractivity (Wildman–Crippen MR) is 72.4 cm³/mol. The Hall–Kier alpha value is -1.72. The summed E-state index contributed by atoms with van der Waals surface area (Å²) in [7, 11) is -7.44. The van der Waals surface area contributed by atoms with Gasteiger partial charge < -0.3 is 5.73 Å². The molecule has 1 aromatic rings. The van der Waals surface area contributed by atoms with Crippen molar-refractivity contribution in [1.82, 2.24) is 4.72 Å².